The quantitative estimate of drug-likeness (QED) is 0.768. The van der Waals surface area contributed by atoms with Gasteiger partial charge in [0.05, 0.1) is 0 Å². The van der Waals surface area contributed by atoms with Crippen molar-refractivity contribution in [2.75, 3.05) is 13.2 Å². The van der Waals surface area contributed by atoms with E-state index in [0.29, 0.717) is 0 Å². The average Bonchev–Trinajstić information content (AvgIpc) is 2.43. The summed E-state index contributed by atoms with van der Waals surface area (Å²) < 4.78 is 5.63. The molecule has 1 aromatic carbocycles. The summed E-state index contributed by atoms with van der Waals surface area (Å²) in [5, 5.41) is 6.22. The summed E-state index contributed by atoms with van der Waals surface area (Å²) in [6.45, 7) is 9.81. The first-order valence-electron chi connectivity index (χ1n) is 7.21. The lowest BCUT2D eigenvalue weighted by Crippen LogP contribution is -2.44. The van der Waals surface area contributed by atoms with E-state index in [9.17, 15) is 4.79 Å². The largest absolute Gasteiger partial charge is 0.483 e. The van der Waals surface area contributed by atoms with Gasteiger partial charge in [-0.15, -0.1) is 0 Å². The van der Waals surface area contributed by atoms with Crippen molar-refractivity contribution in [3.63, 3.8) is 0 Å². The van der Waals surface area contributed by atoms with E-state index in [1.54, 1.807) is 0 Å². The van der Waals surface area contributed by atoms with Crippen molar-refractivity contribution in [3.8, 4) is 5.75 Å². The fourth-order valence-corrected chi connectivity index (χ4v) is 1.70. The van der Waals surface area contributed by atoms with Crippen LogP contribution in [0.2, 0.25) is 0 Å². The summed E-state index contributed by atoms with van der Waals surface area (Å²) in [4.78, 5) is 11.9. The third kappa shape index (κ3) is 5.61. The number of carbonyl (C=O) groups excluding carboxylic acids is 1. The van der Waals surface area contributed by atoms with E-state index in [0.717, 1.165) is 30.8 Å². The molecule has 1 aromatic rings. The second kappa shape index (κ2) is 7.90. The van der Waals surface area contributed by atoms with Gasteiger partial charge in [0.2, 0.25) is 0 Å². The molecule has 0 aromatic heterocycles. The maximum Gasteiger partial charge on any atom is 0.258 e. The van der Waals surface area contributed by atoms with Gasteiger partial charge in [-0.25, -0.2) is 0 Å². The molecule has 4 heteroatoms. The molecule has 0 spiro atoms. The standard InChI is InChI=1S/C16H26N2O2/c1-5-16(3,4)18-15(19)12-20-14-10-8-7-9-13(14)11-17-6-2/h7-10,17H,5-6,11-12H2,1-4H3,(H,18,19). The highest BCUT2D eigenvalue weighted by molar-refractivity contribution is 5.78. The Morgan fingerprint density at radius 3 is 2.60 bits per heavy atom. The van der Waals surface area contributed by atoms with Crippen LogP contribution in [0.15, 0.2) is 24.3 Å². The van der Waals surface area contributed by atoms with E-state index in [2.05, 4.69) is 17.6 Å². The number of rotatable bonds is 8. The van der Waals surface area contributed by atoms with Gasteiger partial charge in [-0.2, -0.15) is 0 Å². The first kappa shape index (κ1) is 16.5. The molecule has 0 radical (unpaired) electrons. The number of hydrogen-bond donors (Lipinski definition) is 2. The minimum Gasteiger partial charge on any atom is -0.483 e. The molecular weight excluding hydrogens is 252 g/mol. The van der Waals surface area contributed by atoms with E-state index in [1.807, 2.05) is 45.0 Å². The normalized spacial score (nSPS) is 11.2. The van der Waals surface area contributed by atoms with Crippen molar-refractivity contribution in [1.82, 2.24) is 10.6 Å². The molecule has 0 aliphatic carbocycles. The van der Waals surface area contributed by atoms with Gasteiger partial charge in [-0.3, -0.25) is 4.79 Å². The third-order valence-corrected chi connectivity index (χ3v) is 3.26. The van der Waals surface area contributed by atoms with Crippen LogP contribution < -0.4 is 15.4 Å². The summed E-state index contributed by atoms with van der Waals surface area (Å²) in [6.07, 6.45) is 0.885. The lowest BCUT2D eigenvalue weighted by molar-refractivity contribution is -0.124. The van der Waals surface area contributed by atoms with E-state index in [4.69, 9.17) is 4.74 Å². The third-order valence-electron chi connectivity index (χ3n) is 3.26. The van der Waals surface area contributed by atoms with Gasteiger partial charge >= 0.3 is 0 Å². The summed E-state index contributed by atoms with van der Waals surface area (Å²) in [6, 6.07) is 7.79. The van der Waals surface area contributed by atoms with Crippen LogP contribution in [0.1, 0.15) is 39.7 Å². The van der Waals surface area contributed by atoms with Crippen molar-refractivity contribution in [3.05, 3.63) is 29.8 Å². The molecule has 1 rings (SSSR count). The fourth-order valence-electron chi connectivity index (χ4n) is 1.70. The Kier molecular flexibility index (Phi) is 6.52. The highest BCUT2D eigenvalue weighted by Gasteiger charge is 2.18. The number of carbonyl (C=O) groups is 1. The minimum absolute atomic E-state index is 0.0482. The number of nitrogens with one attached hydrogen (secondary N) is 2. The van der Waals surface area contributed by atoms with Crippen LogP contribution in [0.3, 0.4) is 0 Å². The molecule has 0 heterocycles. The minimum atomic E-state index is -0.191. The highest BCUT2D eigenvalue weighted by Crippen LogP contribution is 2.17. The zero-order chi connectivity index (χ0) is 15.0. The van der Waals surface area contributed by atoms with Crippen molar-refractivity contribution in [1.29, 1.82) is 0 Å². The smallest absolute Gasteiger partial charge is 0.258 e. The predicted molar refractivity (Wildman–Crippen MR) is 81.8 cm³/mol. The number of hydrogen-bond acceptors (Lipinski definition) is 3. The van der Waals surface area contributed by atoms with E-state index < -0.39 is 0 Å². The number of amides is 1. The van der Waals surface area contributed by atoms with Crippen molar-refractivity contribution >= 4 is 5.91 Å². The van der Waals surface area contributed by atoms with Crippen LogP contribution in [0.4, 0.5) is 0 Å². The Bertz CT molecular complexity index is 430. The SMILES string of the molecule is CCNCc1ccccc1OCC(=O)NC(C)(C)CC. The fraction of sp³-hybridized carbons (Fsp3) is 0.562. The van der Waals surface area contributed by atoms with Gasteiger partial charge in [-0.05, 0) is 32.9 Å². The van der Waals surface area contributed by atoms with Crippen LogP contribution in [-0.2, 0) is 11.3 Å². The molecule has 0 aliphatic heterocycles. The first-order chi connectivity index (χ1) is 9.48. The van der Waals surface area contributed by atoms with Crippen LogP contribution in [-0.4, -0.2) is 24.6 Å². The number of ether oxygens (including phenoxy) is 1. The van der Waals surface area contributed by atoms with Crippen LogP contribution in [0.25, 0.3) is 0 Å². The molecule has 2 N–H and O–H groups in total. The van der Waals surface area contributed by atoms with Crippen molar-refractivity contribution < 1.29 is 9.53 Å². The van der Waals surface area contributed by atoms with Crippen LogP contribution in [0, 0.1) is 0 Å². The lowest BCUT2D eigenvalue weighted by Gasteiger charge is -2.24. The van der Waals surface area contributed by atoms with Crippen LogP contribution in [0.5, 0.6) is 5.75 Å². The Morgan fingerprint density at radius 1 is 1.25 bits per heavy atom. The van der Waals surface area contributed by atoms with Crippen molar-refractivity contribution in [2.24, 2.45) is 0 Å². The molecule has 1 amide bonds. The first-order valence-corrected chi connectivity index (χ1v) is 7.21. The average molecular weight is 278 g/mol. The van der Waals surface area contributed by atoms with Crippen LogP contribution >= 0.6 is 0 Å². The number of para-hydroxylation sites is 1. The van der Waals surface area contributed by atoms with Gasteiger partial charge in [0, 0.05) is 17.6 Å². The summed E-state index contributed by atoms with van der Waals surface area (Å²) in [5.41, 5.74) is 0.876. The molecule has 112 valence electrons. The second-order valence-corrected chi connectivity index (χ2v) is 5.46. The summed E-state index contributed by atoms with van der Waals surface area (Å²) in [7, 11) is 0. The highest BCUT2D eigenvalue weighted by atomic mass is 16.5. The molecule has 0 bridgehead atoms. The van der Waals surface area contributed by atoms with Gasteiger partial charge < -0.3 is 15.4 Å². The van der Waals surface area contributed by atoms with Crippen molar-refractivity contribution in [2.45, 2.75) is 46.2 Å². The summed E-state index contributed by atoms with van der Waals surface area (Å²) in [5.74, 6) is 0.674. The van der Waals surface area contributed by atoms with Gasteiger partial charge in [0.1, 0.15) is 5.75 Å². The second-order valence-electron chi connectivity index (χ2n) is 5.46. The Balaban J connectivity index is 2.55. The Labute approximate surface area is 121 Å². The maximum atomic E-state index is 11.9. The Hall–Kier alpha value is -1.55. The van der Waals surface area contributed by atoms with Gasteiger partial charge in [0.25, 0.3) is 5.91 Å². The molecule has 0 saturated carbocycles. The van der Waals surface area contributed by atoms with E-state index in [-0.39, 0.29) is 18.1 Å². The lowest BCUT2D eigenvalue weighted by atomic mass is 10.0. The van der Waals surface area contributed by atoms with E-state index in [1.165, 1.54) is 0 Å². The van der Waals surface area contributed by atoms with Gasteiger partial charge in [-0.1, -0.05) is 32.0 Å². The zero-order valence-corrected chi connectivity index (χ0v) is 13.0. The molecule has 0 saturated heterocycles. The number of benzene rings is 1. The zero-order valence-electron chi connectivity index (χ0n) is 13.0. The molecule has 0 aliphatic rings. The molecule has 4 nitrogen and oxygen atoms in total. The summed E-state index contributed by atoms with van der Waals surface area (Å²) >= 11 is 0. The molecule has 0 atom stereocenters. The van der Waals surface area contributed by atoms with E-state index >= 15 is 0 Å². The topological polar surface area (TPSA) is 50.4 Å². The monoisotopic (exact) mass is 278 g/mol. The maximum absolute atomic E-state index is 11.9. The Morgan fingerprint density at radius 2 is 1.95 bits per heavy atom. The molecule has 20 heavy (non-hydrogen) atoms. The predicted octanol–water partition coefficient (Wildman–Crippen LogP) is 2.48. The molecule has 0 unspecified atom stereocenters. The molecule has 0 fully saturated rings. The van der Waals surface area contributed by atoms with Gasteiger partial charge in [0.15, 0.2) is 6.61 Å². The molecular formula is C16H26N2O2.